The van der Waals surface area contributed by atoms with Gasteiger partial charge in [-0.15, -0.1) is 0 Å². The van der Waals surface area contributed by atoms with E-state index in [1.807, 2.05) is 30.3 Å². The van der Waals surface area contributed by atoms with Crippen molar-refractivity contribution in [3.8, 4) is 0 Å². The summed E-state index contributed by atoms with van der Waals surface area (Å²) in [6.45, 7) is 0.0748. The Morgan fingerprint density at radius 1 is 1.33 bits per heavy atom. The molecule has 1 aliphatic carbocycles. The van der Waals surface area contributed by atoms with Gasteiger partial charge in [0.2, 0.25) is 0 Å². The van der Waals surface area contributed by atoms with Crippen molar-refractivity contribution >= 4 is 0 Å². The molecule has 1 aromatic carbocycles. The molecule has 0 amide bonds. The van der Waals surface area contributed by atoms with Gasteiger partial charge in [-0.1, -0.05) is 30.3 Å². The van der Waals surface area contributed by atoms with Crippen LogP contribution in [-0.4, -0.2) is 16.8 Å². The molecule has 64 valence electrons. The minimum atomic E-state index is -0.740. The number of aliphatic hydroxyl groups excluding tert-OH is 1. The predicted molar refractivity (Wildman–Crippen MR) is 45.5 cm³/mol. The van der Waals surface area contributed by atoms with Crippen LogP contribution in [-0.2, 0) is 5.60 Å². The highest BCUT2D eigenvalue weighted by atomic mass is 16.3. The topological polar surface area (TPSA) is 40.5 Å². The second-order valence-electron chi connectivity index (χ2n) is 3.37. The molecule has 0 spiro atoms. The molecule has 0 bridgehead atoms. The van der Waals surface area contributed by atoms with Gasteiger partial charge in [0.25, 0.3) is 0 Å². The van der Waals surface area contributed by atoms with Crippen molar-refractivity contribution in [1.29, 1.82) is 0 Å². The van der Waals surface area contributed by atoms with E-state index in [-0.39, 0.29) is 12.5 Å². The van der Waals surface area contributed by atoms with Crippen molar-refractivity contribution in [2.24, 2.45) is 5.92 Å². The van der Waals surface area contributed by atoms with Gasteiger partial charge in [-0.3, -0.25) is 0 Å². The van der Waals surface area contributed by atoms with E-state index in [1.54, 1.807) is 0 Å². The van der Waals surface area contributed by atoms with Crippen molar-refractivity contribution < 1.29 is 10.2 Å². The number of rotatable bonds is 2. The SMILES string of the molecule is OC[C@H]1C[C@]1(O)c1ccccc1. The van der Waals surface area contributed by atoms with E-state index in [9.17, 15) is 5.11 Å². The van der Waals surface area contributed by atoms with Crippen molar-refractivity contribution in [3.05, 3.63) is 35.9 Å². The molecule has 1 saturated carbocycles. The first-order chi connectivity index (χ1) is 5.77. The number of benzene rings is 1. The van der Waals surface area contributed by atoms with E-state index < -0.39 is 5.60 Å². The second-order valence-corrected chi connectivity index (χ2v) is 3.37. The highest BCUT2D eigenvalue weighted by Crippen LogP contribution is 2.51. The maximum Gasteiger partial charge on any atom is 0.0952 e. The molecule has 2 atom stereocenters. The van der Waals surface area contributed by atoms with Crippen molar-refractivity contribution in [2.45, 2.75) is 12.0 Å². The van der Waals surface area contributed by atoms with Crippen LogP contribution in [0, 0.1) is 5.92 Å². The summed E-state index contributed by atoms with van der Waals surface area (Å²) in [5.74, 6) is 0.0416. The molecule has 2 N–H and O–H groups in total. The molecule has 1 aliphatic rings. The Labute approximate surface area is 71.5 Å². The van der Waals surface area contributed by atoms with Crippen molar-refractivity contribution in [2.75, 3.05) is 6.61 Å². The fourth-order valence-electron chi connectivity index (χ4n) is 1.61. The summed E-state index contributed by atoms with van der Waals surface area (Å²) >= 11 is 0. The first-order valence-electron chi connectivity index (χ1n) is 4.16. The average molecular weight is 164 g/mol. The van der Waals surface area contributed by atoms with Crippen LogP contribution >= 0.6 is 0 Å². The fraction of sp³-hybridized carbons (Fsp3) is 0.400. The van der Waals surface area contributed by atoms with Gasteiger partial charge in [-0.2, -0.15) is 0 Å². The van der Waals surface area contributed by atoms with E-state index in [0.29, 0.717) is 6.42 Å². The Kier molecular flexibility index (Phi) is 1.67. The lowest BCUT2D eigenvalue weighted by molar-refractivity contribution is 0.111. The van der Waals surface area contributed by atoms with Crippen LogP contribution in [0.1, 0.15) is 12.0 Å². The lowest BCUT2D eigenvalue weighted by Crippen LogP contribution is -2.10. The van der Waals surface area contributed by atoms with E-state index in [4.69, 9.17) is 5.11 Å². The Balaban J connectivity index is 2.23. The highest BCUT2D eigenvalue weighted by molar-refractivity contribution is 5.29. The molecule has 0 aliphatic heterocycles. The number of aliphatic hydroxyl groups is 2. The van der Waals surface area contributed by atoms with Gasteiger partial charge in [0.05, 0.1) is 5.60 Å². The zero-order valence-corrected chi connectivity index (χ0v) is 6.77. The van der Waals surface area contributed by atoms with Crippen molar-refractivity contribution in [1.82, 2.24) is 0 Å². The summed E-state index contributed by atoms with van der Waals surface area (Å²) in [5.41, 5.74) is 0.180. The van der Waals surface area contributed by atoms with Gasteiger partial charge in [0.1, 0.15) is 0 Å². The Hall–Kier alpha value is -0.860. The fourth-order valence-corrected chi connectivity index (χ4v) is 1.61. The molecule has 1 aromatic rings. The Bertz CT molecular complexity index is 270. The molecule has 2 rings (SSSR count). The van der Waals surface area contributed by atoms with Gasteiger partial charge >= 0.3 is 0 Å². The largest absolute Gasteiger partial charge is 0.396 e. The van der Waals surface area contributed by atoms with Crippen molar-refractivity contribution in [3.63, 3.8) is 0 Å². The molecular formula is C10H12O2. The summed E-state index contributed by atoms with van der Waals surface area (Å²) in [4.78, 5) is 0. The third-order valence-electron chi connectivity index (χ3n) is 2.57. The third kappa shape index (κ3) is 1.04. The lowest BCUT2D eigenvalue weighted by Gasteiger charge is -2.08. The highest BCUT2D eigenvalue weighted by Gasteiger charge is 2.53. The molecular weight excluding hydrogens is 152 g/mol. The van der Waals surface area contributed by atoms with Gasteiger partial charge in [0.15, 0.2) is 0 Å². The molecule has 0 radical (unpaired) electrons. The van der Waals surface area contributed by atoms with E-state index in [1.165, 1.54) is 0 Å². The van der Waals surface area contributed by atoms with Gasteiger partial charge in [-0.25, -0.2) is 0 Å². The zero-order chi connectivity index (χ0) is 8.60. The van der Waals surface area contributed by atoms with E-state index in [2.05, 4.69) is 0 Å². The zero-order valence-electron chi connectivity index (χ0n) is 6.77. The Morgan fingerprint density at radius 2 is 2.00 bits per heavy atom. The Morgan fingerprint density at radius 3 is 2.50 bits per heavy atom. The summed E-state index contributed by atoms with van der Waals surface area (Å²) < 4.78 is 0. The minimum Gasteiger partial charge on any atom is -0.396 e. The minimum absolute atomic E-state index is 0.0416. The quantitative estimate of drug-likeness (QED) is 0.681. The molecule has 0 heterocycles. The summed E-state index contributed by atoms with van der Waals surface area (Å²) in [5, 5.41) is 18.7. The molecule has 2 heteroatoms. The third-order valence-corrected chi connectivity index (χ3v) is 2.57. The molecule has 0 saturated heterocycles. The first kappa shape index (κ1) is 7.77. The maximum atomic E-state index is 9.90. The molecule has 0 unspecified atom stereocenters. The standard InChI is InChI=1S/C10H12O2/c11-7-9-6-10(9,12)8-4-2-1-3-5-8/h1-5,9,11-12H,6-7H2/t9-,10+/m1/s1. The monoisotopic (exact) mass is 164 g/mol. The molecule has 1 fully saturated rings. The first-order valence-corrected chi connectivity index (χ1v) is 4.16. The van der Waals surface area contributed by atoms with E-state index >= 15 is 0 Å². The number of hydrogen-bond acceptors (Lipinski definition) is 2. The average Bonchev–Trinajstić information content (AvgIpc) is 2.81. The van der Waals surface area contributed by atoms with Crippen LogP contribution in [0.2, 0.25) is 0 Å². The predicted octanol–water partition coefficient (Wildman–Crippen LogP) is 0.886. The van der Waals surface area contributed by atoms with Crippen LogP contribution < -0.4 is 0 Å². The van der Waals surface area contributed by atoms with E-state index in [0.717, 1.165) is 5.56 Å². The normalized spacial score (nSPS) is 33.3. The summed E-state index contributed by atoms with van der Waals surface area (Å²) in [6, 6.07) is 9.52. The van der Waals surface area contributed by atoms with Crippen LogP contribution in [0.5, 0.6) is 0 Å². The lowest BCUT2D eigenvalue weighted by atomic mass is 10.1. The maximum absolute atomic E-state index is 9.90. The molecule has 12 heavy (non-hydrogen) atoms. The van der Waals surface area contributed by atoms with Gasteiger partial charge < -0.3 is 10.2 Å². The van der Waals surface area contributed by atoms with Crippen LogP contribution in [0.3, 0.4) is 0 Å². The van der Waals surface area contributed by atoms with Gasteiger partial charge in [-0.05, 0) is 12.0 Å². The smallest absolute Gasteiger partial charge is 0.0952 e. The van der Waals surface area contributed by atoms with Crippen LogP contribution in [0.25, 0.3) is 0 Å². The summed E-state index contributed by atoms with van der Waals surface area (Å²) in [7, 11) is 0. The van der Waals surface area contributed by atoms with Crippen LogP contribution in [0.15, 0.2) is 30.3 Å². The number of hydrogen-bond donors (Lipinski definition) is 2. The molecule has 2 nitrogen and oxygen atoms in total. The molecule has 0 aromatic heterocycles. The van der Waals surface area contributed by atoms with Gasteiger partial charge in [0, 0.05) is 12.5 Å². The summed E-state index contributed by atoms with van der Waals surface area (Å²) in [6.07, 6.45) is 0.688. The van der Waals surface area contributed by atoms with Crippen LogP contribution in [0.4, 0.5) is 0 Å². The second kappa shape index (κ2) is 2.57.